The van der Waals surface area contributed by atoms with Gasteiger partial charge in [-0.3, -0.25) is 14.9 Å². The molecule has 0 bridgehead atoms. The molecule has 3 aromatic carbocycles. The Morgan fingerprint density at radius 1 is 0.923 bits per heavy atom. The Kier molecular flexibility index (Phi) is 8.30. The summed E-state index contributed by atoms with van der Waals surface area (Å²) in [6, 6.07) is 16.2. The number of ether oxygens (including phenoxy) is 2. The number of benzene rings is 3. The number of rotatable bonds is 9. The summed E-state index contributed by atoms with van der Waals surface area (Å²) >= 11 is 0. The lowest BCUT2D eigenvalue weighted by Gasteiger charge is -2.27. The van der Waals surface area contributed by atoms with E-state index in [4.69, 9.17) is 9.47 Å². The molecule has 0 spiro atoms. The van der Waals surface area contributed by atoms with Crippen molar-refractivity contribution in [1.82, 2.24) is 5.32 Å². The van der Waals surface area contributed by atoms with E-state index >= 15 is 0 Å². The summed E-state index contributed by atoms with van der Waals surface area (Å²) < 4.78 is 12.1. The van der Waals surface area contributed by atoms with Gasteiger partial charge in [0.1, 0.15) is 12.2 Å². The van der Waals surface area contributed by atoms with Crippen molar-refractivity contribution in [3.8, 4) is 11.5 Å². The van der Waals surface area contributed by atoms with Crippen molar-refractivity contribution in [2.24, 2.45) is 0 Å². The van der Waals surface area contributed by atoms with Crippen molar-refractivity contribution in [3.63, 3.8) is 0 Å². The van der Waals surface area contributed by atoms with Crippen LogP contribution in [0.4, 0.5) is 10.5 Å². The Morgan fingerprint density at radius 3 is 2.33 bits per heavy atom. The van der Waals surface area contributed by atoms with Crippen LogP contribution in [-0.2, 0) is 22.6 Å². The van der Waals surface area contributed by atoms with Gasteiger partial charge < -0.3 is 9.47 Å². The van der Waals surface area contributed by atoms with E-state index in [2.05, 4.69) is 18.0 Å². The molecule has 0 unspecified atom stereocenters. The van der Waals surface area contributed by atoms with Crippen LogP contribution in [-0.4, -0.2) is 24.5 Å². The summed E-state index contributed by atoms with van der Waals surface area (Å²) in [7, 11) is 0. The maximum absolute atomic E-state index is 13.5. The summed E-state index contributed by atoms with van der Waals surface area (Å²) in [5, 5.41) is 2.29. The quantitative estimate of drug-likeness (QED) is 0.211. The van der Waals surface area contributed by atoms with Crippen LogP contribution < -0.4 is 19.7 Å². The van der Waals surface area contributed by atoms with Crippen molar-refractivity contribution in [2.75, 3.05) is 11.5 Å². The molecule has 1 aliphatic heterocycles. The van der Waals surface area contributed by atoms with Crippen LogP contribution in [0.5, 0.6) is 11.5 Å². The predicted octanol–water partition coefficient (Wildman–Crippen LogP) is 5.98. The molecule has 0 atom stereocenters. The van der Waals surface area contributed by atoms with E-state index in [9.17, 15) is 14.4 Å². The largest absolute Gasteiger partial charge is 0.490 e. The van der Waals surface area contributed by atoms with Crippen LogP contribution in [0.1, 0.15) is 40.3 Å². The average Bonchev–Trinajstić information content (AvgIpc) is 2.86. The summed E-state index contributed by atoms with van der Waals surface area (Å²) in [5.41, 5.74) is 5.54. The van der Waals surface area contributed by atoms with Crippen molar-refractivity contribution in [3.05, 3.63) is 106 Å². The zero-order chi connectivity index (χ0) is 28.1. The monoisotopic (exact) mass is 524 g/mol. The third kappa shape index (κ3) is 6.26. The molecule has 0 aromatic heterocycles. The van der Waals surface area contributed by atoms with Crippen molar-refractivity contribution >= 4 is 29.6 Å². The fourth-order valence-corrected chi connectivity index (χ4v) is 4.60. The van der Waals surface area contributed by atoms with Gasteiger partial charge in [-0.25, -0.2) is 9.69 Å². The Hall–Kier alpha value is -4.65. The Bertz CT molecular complexity index is 1470. The minimum atomic E-state index is -0.783. The van der Waals surface area contributed by atoms with Gasteiger partial charge in [-0.1, -0.05) is 42.0 Å². The van der Waals surface area contributed by atoms with Crippen LogP contribution >= 0.6 is 0 Å². The smallest absolute Gasteiger partial charge is 0.335 e. The molecule has 200 valence electrons. The lowest BCUT2D eigenvalue weighted by molar-refractivity contribution is -0.122. The van der Waals surface area contributed by atoms with Crippen LogP contribution in [0.25, 0.3) is 6.08 Å². The highest BCUT2D eigenvalue weighted by atomic mass is 16.5. The first-order valence-electron chi connectivity index (χ1n) is 12.8. The van der Waals surface area contributed by atoms with Gasteiger partial charge in [-0.2, -0.15) is 0 Å². The van der Waals surface area contributed by atoms with Gasteiger partial charge in [0.2, 0.25) is 0 Å². The number of nitrogens with one attached hydrogen (secondary N) is 1. The summed E-state index contributed by atoms with van der Waals surface area (Å²) in [4.78, 5) is 39.9. The Labute approximate surface area is 228 Å². The van der Waals surface area contributed by atoms with Gasteiger partial charge in [0.25, 0.3) is 11.8 Å². The number of hydrogen-bond acceptors (Lipinski definition) is 5. The topological polar surface area (TPSA) is 84.9 Å². The summed E-state index contributed by atoms with van der Waals surface area (Å²) in [5.74, 6) is -0.389. The molecule has 4 rings (SSSR count). The second-order valence-electron chi connectivity index (χ2n) is 9.51. The molecular weight excluding hydrogens is 492 g/mol. The molecule has 1 fully saturated rings. The average molecular weight is 525 g/mol. The molecule has 1 N–H and O–H groups in total. The molecule has 0 saturated carbocycles. The fourth-order valence-electron chi connectivity index (χ4n) is 4.60. The van der Waals surface area contributed by atoms with Crippen molar-refractivity contribution in [2.45, 2.75) is 40.7 Å². The number of barbiturate groups is 1. The highest BCUT2D eigenvalue weighted by molar-refractivity contribution is 6.39. The molecular formula is C32H32N2O5. The lowest BCUT2D eigenvalue weighted by atomic mass is 10.0. The first kappa shape index (κ1) is 27.4. The highest BCUT2D eigenvalue weighted by Gasteiger charge is 2.37. The highest BCUT2D eigenvalue weighted by Crippen LogP contribution is 2.36. The number of carbonyl (C=O) groups is 3. The second-order valence-corrected chi connectivity index (χ2v) is 9.51. The first-order chi connectivity index (χ1) is 18.7. The molecule has 7 nitrogen and oxygen atoms in total. The molecule has 1 heterocycles. The number of amides is 4. The number of anilines is 1. The number of allylic oxidation sites excluding steroid dienone is 1. The zero-order valence-electron chi connectivity index (χ0n) is 22.7. The molecule has 7 heteroatoms. The van der Waals surface area contributed by atoms with Gasteiger partial charge in [0.05, 0.1) is 12.3 Å². The van der Waals surface area contributed by atoms with Crippen LogP contribution in [0.3, 0.4) is 0 Å². The Balaban J connectivity index is 1.73. The number of nitrogens with zero attached hydrogens (tertiary/aromatic N) is 1. The zero-order valence-corrected chi connectivity index (χ0v) is 22.7. The van der Waals surface area contributed by atoms with Gasteiger partial charge >= 0.3 is 6.03 Å². The number of hydrogen-bond donors (Lipinski definition) is 1. The number of aryl methyl sites for hydroxylation is 3. The third-order valence-corrected chi connectivity index (χ3v) is 6.16. The van der Waals surface area contributed by atoms with E-state index in [-0.39, 0.29) is 5.57 Å². The maximum Gasteiger partial charge on any atom is 0.335 e. The molecule has 3 aromatic rings. The van der Waals surface area contributed by atoms with E-state index in [0.29, 0.717) is 42.4 Å². The van der Waals surface area contributed by atoms with Gasteiger partial charge in [0, 0.05) is 5.56 Å². The normalized spacial score (nSPS) is 14.4. The van der Waals surface area contributed by atoms with Crippen molar-refractivity contribution < 1.29 is 23.9 Å². The summed E-state index contributed by atoms with van der Waals surface area (Å²) in [6.07, 6.45) is 3.70. The predicted molar refractivity (Wildman–Crippen MR) is 152 cm³/mol. The fraction of sp³-hybridized carbons (Fsp3) is 0.219. The standard InChI is InChI=1S/C32H32N2O5/c1-6-9-25-16-24(18-28(38-7-2)29(25)39-19-23-11-8-10-20(3)13-23)17-27-30(35)33-32(37)34(31(27)36)26-14-21(4)12-22(5)15-26/h6,8,10-18H,1,7,9,19H2,2-5H3,(H,33,35,37)/b27-17+. The SMILES string of the molecule is C=CCc1cc(/C=C2\C(=O)NC(=O)N(c3cc(C)cc(C)c3)C2=O)cc(OCC)c1OCc1cccc(C)c1. The van der Waals surface area contributed by atoms with E-state index in [1.807, 2.05) is 58.0 Å². The lowest BCUT2D eigenvalue weighted by Crippen LogP contribution is -2.54. The van der Waals surface area contributed by atoms with E-state index in [0.717, 1.165) is 32.7 Å². The number of urea groups is 1. The van der Waals surface area contributed by atoms with Crippen molar-refractivity contribution in [1.29, 1.82) is 0 Å². The minimum Gasteiger partial charge on any atom is -0.490 e. The number of imide groups is 2. The van der Waals surface area contributed by atoms with Crippen LogP contribution in [0.15, 0.2) is 72.8 Å². The summed E-state index contributed by atoms with van der Waals surface area (Å²) in [6.45, 7) is 12.3. The number of carbonyl (C=O) groups excluding carboxylic acids is 3. The van der Waals surface area contributed by atoms with E-state index in [1.165, 1.54) is 6.08 Å². The van der Waals surface area contributed by atoms with Gasteiger partial charge in [-0.05, 0) is 86.7 Å². The Morgan fingerprint density at radius 2 is 1.67 bits per heavy atom. The van der Waals surface area contributed by atoms with Crippen LogP contribution in [0.2, 0.25) is 0 Å². The first-order valence-corrected chi connectivity index (χ1v) is 12.8. The van der Waals surface area contributed by atoms with E-state index in [1.54, 1.807) is 24.3 Å². The molecule has 39 heavy (non-hydrogen) atoms. The molecule has 0 radical (unpaired) electrons. The third-order valence-electron chi connectivity index (χ3n) is 6.16. The molecule has 4 amide bonds. The van der Waals surface area contributed by atoms with Gasteiger partial charge in [0.15, 0.2) is 11.5 Å². The molecule has 1 aliphatic rings. The maximum atomic E-state index is 13.5. The minimum absolute atomic E-state index is 0.158. The molecule has 0 aliphatic carbocycles. The van der Waals surface area contributed by atoms with Crippen LogP contribution in [0, 0.1) is 20.8 Å². The molecule has 1 saturated heterocycles. The van der Waals surface area contributed by atoms with E-state index < -0.39 is 17.8 Å². The second kappa shape index (κ2) is 11.8. The van der Waals surface area contributed by atoms with Gasteiger partial charge in [-0.15, -0.1) is 6.58 Å².